The summed E-state index contributed by atoms with van der Waals surface area (Å²) in [5, 5.41) is 12.6. The minimum absolute atomic E-state index is 0.251. The number of para-hydroxylation sites is 1. The first-order valence-electron chi connectivity index (χ1n) is 15.1. The molecule has 1 aliphatic heterocycles. The first-order valence-corrected chi connectivity index (χ1v) is 17.3. The standard InChI is InChI=1S/C36H33BrClN5O3S/c1-4-45-30-19-26(18-27(37)33(30)46-20-24-13-6-5-7-14-24)32-31(34(44)40-29-17-11-8-12-22(29)2)23(3)39-35-41-36(42-43(32)35)47-21-25-15-9-10-16-28(25)38/h5-19,32H,4,20-21H2,1-3H3,(H,40,44)(H,39,41,42). The zero-order valence-corrected chi connectivity index (χ0v) is 29.2. The lowest BCUT2D eigenvalue weighted by Gasteiger charge is -2.29. The quantitative estimate of drug-likeness (QED) is 0.131. The molecule has 11 heteroatoms. The highest BCUT2D eigenvalue weighted by atomic mass is 79.9. The number of carbonyl (C=O) groups excluding carboxylic acids is 1. The van der Waals surface area contributed by atoms with Crippen molar-refractivity contribution in [3.05, 3.63) is 134 Å². The third-order valence-electron chi connectivity index (χ3n) is 7.66. The lowest BCUT2D eigenvalue weighted by molar-refractivity contribution is -0.113. The molecule has 0 fully saturated rings. The van der Waals surface area contributed by atoms with Crippen LogP contribution in [0.5, 0.6) is 11.5 Å². The smallest absolute Gasteiger partial charge is 0.255 e. The van der Waals surface area contributed by atoms with Gasteiger partial charge in [0, 0.05) is 22.2 Å². The van der Waals surface area contributed by atoms with Gasteiger partial charge < -0.3 is 20.1 Å². The Bertz CT molecular complexity index is 1950. The topological polar surface area (TPSA) is 90.3 Å². The molecule has 4 aromatic carbocycles. The van der Waals surface area contributed by atoms with Crippen LogP contribution in [-0.4, -0.2) is 27.3 Å². The molecule has 240 valence electrons. The van der Waals surface area contributed by atoms with Gasteiger partial charge in [0.1, 0.15) is 12.6 Å². The number of hydrogen-bond donors (Lipinski definition) is 2. The van der Waals surface area contributed by atoms with E-state index < -0.39 is 6.04 Å². The number of nitrogens with zero attached hydrogens (tertiary/aromatic N) is 3. The van der Waals surface area contributed by atoms with E-state index in [0.717, 1.165) is 27.9 Å². The Hall–Kier alpha value is -4.25. The summed E-state index contributed by atoms with van der Waals surface area (Å²) in [6, 6.07) is 28.6. The first-order chi connectivity index (χ1) is 22.8. The van der Waals surface area contributed by atoms with Crippen LogP contribution in [0.15, 0.2) is 112 Å². The second-order valence-corrected chi connectivity index (χ2v) is 13.1. The number of hydrogen-bond acceptors (Lipinski definition) is 7. The predicted octanol–water partition coefficient (Wildman–Crippen LogP) is 9.20. The number of anilines is 2. The van der Waals surface area contributed by atoms with Crippen molar-refractivity contribution >= 4 is 56.8 Å². The molecule has 0 bridgehead atoms. The molecule has 1 aliphatic rings. The minimum atomic E-state index is -0.629. The molecular formula is C36H33BrClN5O3S. The Kier molecular flexibility index (Phi) is 10.2. The van der Waals surface area contributed by atoms with Crippen LogP contribution in [0.1, 0.15) is 42.1 Å². The summed E-state index contributed by atoms with van der Waals surface area (Å²) in [7, 11) is 0. The Morgan fingerprint density at radius 3 is 2.53 bits per heavy atom. The number of thioether (sulfide) groups is 1. The van der Waals surface area contributed by atoms with E-state index in [0.29, 0.717) is 62.3 Å². The van der Waals surface area contributed by atoms with Crippen molar-refractivity contribution in [1.82, 2.24) is 14.8 Å². The number of allylic oxidation sites excluding steroid dienone is 1. The molecule has 1 atom stereocenters. The number of aryl methyl sites for hydroxylation is 1. The van der Waals surface area contributed by atoms with E-state index in [1.165, 1.54) is 11.8 Å². The van der Waals surface area contributed by atoms with Crippen molar-refractivity contribution in [2.45, 2.75) is 44.3 Å². The van der Waals surface area contributed by atoms with Crippen LogP contribution in [0.25, 0.3) is 0 Å². The number of aromatic nitrogens is 3. The average Bonchev–Trinajstić information content (AvgIpc) is 3.47. The fourth-order valence-corrected chi connectivity index (χ4v) is 7.02. The lowest BCUT2D eigenvalue weighted by Crippen LogP contribution is -2.31. The number of carbonyl (C=O) groups is 1. The van der Waals surface area contributed by atoms with E-state index in [2.05, 4.69) is 26.6 Å². The summed E-state index contributed by atoms with van der Waals surface area (Å²) in [6.07, 6.45) is 0. The van der Waals surface area contributed by atoms with E-state index in [1.54, 1.807) is 4.68 Å². The van der Waals surface area contributed by atoms with Gasteiger partial charge in [0.25, 0.3) is 5.91 Å². The van der Waals surface area contributed by atoms with E-state index >= 15 is 0 Å². The van der Waals surface area contributed by atoms with Crippen molar-refractivity contribution in [1.29, 1.82) is 0 Å². The Morgan fingerprint density at radius 2 is 1.77 bits per heavy atom. The molecule has 5 aromatic rings. The van der Waals surface area contributed by atoms with Gasteiger partial charge in [-0.25, -0.2) is 4.68 Å². The summed E-state index contributed by atoms with van der Waals surface area (Å²) < 4.78 is 14.8. The van der Waals surface area contributed by atoms with Crippen molar-refractivity contribution in [3.63, 3.8) is 0 Å². The average molecular weight is 731 g/mol. The number of nitrogens with one attached hydrogen (secondary N) is 2. The van der Waals surface area contributed by atoms with Crippen LogP contribution in [0.2, 0.25) is 5.02 Å². The van der Waals surface area contributed by atoms with Crippen molar-refractivity contribution in [2.24, 2.45) is 0 Å². The van der Waals surface area contributed by atoms with Crippen molar-refractivity contribution in [2.75, 3.05) is 17.2 Å². The molecule has 47 heavy (non-hydrogen) atoms. The molecule has 1 amide bonds. The number of benzene rings is 4. The summed E-state index contributed by atoms with van der Waals surface area (Å²) in [6.45, 7) is 6.57. The fraction of sp³-hybridized carbons (Fsp3) is 0.194. The highest BCUT2D eigenvalue weighted by Crippen LogP contribution is 2.44. The molecule has 0 saturated heterocycles. The SMILES string of the molecule is CCOc1cc(C2C(C(=O)Nc3ccccc3C)=C(C)Nc3nc(SCc4ccccc4Cl)nn32)cc(Br)c1OCc1ccccc1. The third kappa shape index (κ3) is 7.35. The van der Waals surface area contributed by atoms with Gasteiger partial charge in [0.2, 0.25) is 11.1 Å². The molecule has 6 rings (SSSR count). The van der Waals surface area contributed by atoms with Crippen molar-refractivity contribution in [3.8, 4) is 11.5 Å². The van der Waals surface area contributed by atoms with Gasteiger partial charge in [-0.3, -0.25) is 4.79 Å². The predicted molar refractivity (Wildman–Crippen MR) is 191 cm³/mol. The molecule has 1 unspecified atom stereocenters. The Morgan fingerprint density at radius 1 is 1.02 bits per heavy atom. The van der Waals surface area contributed by atoms with E-state index in [-0.39, 0.29) is 5.91 Å². The lowest BCUT2D eigenvalue weighted by atomic mass is 9.94. The highest BCUT2D eigenvalue weighted by molar-refractivity contribution is 9.10. The van der Waals surface area contributed by atoms with Crippen LogP contribution in [-0.2, 0) is 17.2 Å². The number of fused-ring (bicyclic) bond motifs is 1. The molecular weight excluding hydrogens is 698 g/mol. The van der Waals surface area contributed by atoms with Gasteiger partial charge in [0.15, 0.2) is 11.5 Å². The van der Waals surface area contributed by atoms with E-state index in [9.17, 15) is 4.79 Å². The van der Waals surface area contributed by atoms with Crippen LogP contribution in [0, 0.1) is 6.92 Å². The van der Waals surface area contributed by atoms with Gasteiger partial charge in [0.05, 0.1) is 16.7 Å². The summed E-state index contributed by atoms with van der Waals surface area (Å²) in [5.41, 5.74) is 5.66. The van der Waals surface area contributed by atoms with Gasteiger partial charge >= 0.3 is 0 Å². The highest BCUT2D eigenvalue weighted by Gasteiger charge is 2.35. The maximum Gasteiger partial charge on any atom is 0.255 e. The number of ether oxygens (including phenoxy) is 2. The molecule has 1 aromatic heterocycles. The van der Waals surface area contributed by atoms with E-state index in [1.807, 2.05) is 112 Å². The molecule has 2 heterocycles. The fourth-order valence-electron chi connectivity index (χ4n) is 5.33. The Labute approximate surface area is 291 Å². The normalized spacial score (nSPS) is 13.9. The minimum Gasteiger partial charge on any atom is -0.490 e. The van der Waals surface area contributed by atoms with Gasteiger partial charge in [-0.1, -0.05) is 90.1 Å². The van der Waals surface area contributed by atoms with Gasteiger partial charge in [-0.2, -0.15) is 4.98 Å². The van der Waals surface area contributed by atoms with Gasteiger partial charge in [-0.15, -0.1) is 5.10 Å². The monoisotopic (exact) mass is 729 g/mol. The summed E-state index contributed by atoms with van der Waals surface area (Å²) >= 11 is 11.6. The number of amides is 1. The van der Waals surface area contributed by atoms with Crippen LogP contribution >= 0.6 is 39.3 Å². The second kappa shape index (κ2) is 14.7. The third-order valence-corrected chi connectivity index (χ3v) is 9.50. The summed E-state index contributed by atoms with van der Waals surface area (Å²) in [4.78, 5) is 18.9. The molecule has 0 spiro atoms. The molecule has 0 radical (unpaired) electrons. The van der Waals surface area contributed by atoms with Crippen LogP contribution in [0.4, 0.5) is 11.6 Å². The van der Waals surface area contributed by atoms with Crippen molar-refractivity contribution < 1.29 is 14.3 Å². The zero-order valence-electron chi connectivity index (χ0n) is 26.1. The Balaban J connectivity index is 1.40. The zero-order chi connectivity index (χ0) is 32.9. The largest absolute Gasteiger partial charge is 0.490 e. The first kappa shape index (κ1) is 32.7. The second-order valence-electron chi connectivity index (χ2n) is 10.9. The van der Waals surface area contributed by atoms with E-state index in [4.69, 9.17) is 31.2 Å². The molecule has 0 saturated carbocycles. The maximum atomic E-state index is 14.1. The summed E-state index contributed by atoms with van der Waals surface area (Å²) in [5.74, 6) is 2.00. The number of rotatable bonds is 11. The molecule has 0 aliphatic carbocycles. The molecule has 2 N–H and O–H groups in total. The molecule has 8 nitrogen and oxygen atoms in total. The van der Waals surface area contributed by atoms with Crippen LogP contribution in [0.3, 0.4) is 0 Å². The van der Waals surface area contributed by atoms with Gasteiger partial charge in [-0.05, 0) is 83.2 Å². The number of halogens is 2. The maximum absolute atomic E-state index is 14.1. The van der Waals surface area contributed by atoms with Crippen LogP contribution < -0.4 is 20.1 Å².